The van der Waals surface area contributed by atoms with E-state index in [1.807, 2.05) is 0 Å². The Kier molecular flexibility index (Phi) is 3.52. The average molecular weight is 281 g/mol. The van der Waals surface area contributed by atoms with Gasteiger partial charge >= 0.3 is 0 Å². The van der Waals surface area contributed by atoms with Gasteiger partial charge in [-0.2, -0.15) is 0 Å². The van der Waals surface area contributed by atoms with Crippen molar-refractivity contribution in [3.8, 4) is 0 Å². The van der Waals surface area contributed by atoms with E-state index < -0.39 is 11.6 Å². The van der Waals surface area contributed by atoms with Gasteiger partial charge in [-0.15, -0.1) is 0 Å². The Morgan fingerprint density at radius 2 is 1.95 bits per heavy atom. The van der Waals surface area contributed by atoms with Gasteiger partial charge in [0.25, 0.3) is 0 Å². The van der Waals surface area contributed by atoms with Gasteiger partial charge in [0, 0.05) is 19.2 Å². The maximum Gasteiger partial charge on any atom is 0.168 e. The van der Waals surface area contributed by atoms with Crippen molar-refractivity contribution in [3.05, 3.63) is 17.7 Å². The van der Waals surface area contributed by atoms with E-state index in [0.717, 1.165) is 17.9 Å². The predicted octanol–water partition coefficient (Wildman–Crippen LogP) is 3.64. The number of halogens is 2. The van der Waals surface area contributed by atoms with E-state index in [2.05, 4.69) is 22.5 Å². The first-order chi connectivity index (χ1) is 9.58. The van der Waals surface area contributed by atoms with Crippen molar-refractivity contribution in [1.29, 1.82) is 0 Å². The summed E-state index contributed by atoms with van der Waals surface area (Å²) in [6, 6.07) is 1.05. The number of nitrogens with one attached hydrogen (secondary N) is 2. The molecule has 0 spiro atoms. The van der Waals surface area contributed by atoms with Gasteiger partial charge in [0.15, 0.2) is 23.3 Å². The molecule has 3 rings (SSSR count). The number of aromatic nitrogens is 1. The van der Waals surface area contributed by atoms with E-state index in [9.17, 15) is 8.78 Å². The van der Waals surface area contributed by atoms with Gasteiger partial charge in [-0.1, -0.05) is 6.42 Å². The molecule has 0 saturated heterocycles. The molecule has 1 aromatic rings. The Bertz CT molecular complexity index is 506. The minimum Gasteiger partial charge on any atom is -0.371 e. The highest BCUT2D eigenvalue weighted by Gasteiger charge is 2.42. The minimum atomic E-state index is -0.664. The topological polar surface area (TPSA) is 37.0 Å². The lowest BCUT2D eigenvalue weighted by atomic mass is 9.84. The summed E-state index contributed by atoms with van der Waals surface area (Å²) in [7, 11) is 1.58. The van der Waals surface area contributed by atoms with Crippen molar-refractivity contribution in [3.63, 3.8) is 0 Å². The molecule has 2 bridgehead atoms. The average Bonchev–Trinajstić information content (AvgIpc) is 3.04. The van der Waals surface area contributed by atoms with Crippen molar-refractivity contribution in [1.82, 2.24) is 4.98 Å². The second-order valence-electron chi connectivity index (χ2n) is 6.17. The van der Waals surface area contributed by atoms with Gasteiger partial charge in [-0.25, -0.2) is 13.8 Å². The highest BCUT2D eigenvalue weighted by Crippen LogP contribution is 2.49. The van der Waals surface area contributed by atoms with E-state index in [1.54, 1.807) is 7.05 Å². The number of fused-ring (bicyclic) bond motifs is 2. The van der Waals surface area contributed by atoms with E-state index >= 15 is 0 Å². The van der Waals surface area contributed by atoms with E-state index in [1.165, 1.54) is 25.7 Å². The monoisotopic (exact) mass is 281 g/mol. The number of hydrogen-bond donors (Lipinski definition) is 2. The summed E-state index contributed by atoms with van der Waals surface area (Å²) < 4.78 is 27.2. The fourth-order valence-electron chi connectivity index (χ4n) is 3.97. The SMILES string of the molecule is CNc1nc(NC(C)C2CC3CCC2C3)c(F)cc1F. The predicted molar refractivity (Wildman–Crippen MR) is 75.7 cm³/mol. The van der Waals surface area contributed by atoms with Crippen LogP contribution in [-0.4, -0.2) is 18.1 Å². The molecule has 20 heavy (non-hydrogen) atoms. The van der Waals surface area contributed by atoms with Gasteiger partial charge in [0.1, 0.15) is 0 Å². The lowest BCUT2D eigenvalue weighted by Gasteiger charge is -2.29. The van der Waals surface area contributed by atoms with Gasteiger partial charge in [0.2, 0.25) is 0 Å². The summed E-state index contributed by atoms with van der Waals surface area (Å²) in [5, 5.41) is 5.79. The van der Waals surface area contributed by atoms with Crippen molar-refractivity contribution in [2.75, 3.05) is 17.7 Å². The van der Waals surface area contributed by atoms with Crippen molar-refractivity contribution >= 4 is 11.6 Å². The smallest absolute Gasteiger partial charge is 0.168 e. The molecule has 0 radical (unpaired) electrons. The molecule has 2 aliphatic rings. The fourth-order valence-corrected chi connectivity index (χ4v) is 3.97. The summed E-state index contributed by atoms with van der Waals surface area (Å²) in [5.74, 6) is 1.13. The standard InChI is InChI=1S/C15H21F2N3/c1-8(11-6-9-3-4-10(11)5-9)19-15-13(17)7-12(16)14(18-2)20-15/h7-11H,3-6H2,1-2H3,(H2,18,19,20). The van der Waals surface area contributed by atoms with Crippen LogP contribution in [0.15, 0.2) is 6.07 Å². The third-order valence-electron chi connectivity index (χ3n) is 4.97. The second-order valence-corrected chi connectivity index (χ2v) is 6.17. The molecule has 1 heterocycles. The van der Waals surface area contributed by atoms with Gasteiger partial charge in [-0.3, -0.25) is 0 Å². The first kappa shape index (κ1) is 13.6. The molecule has 0 amide bonds. The maximum absolute atomic E-state index is 13.8. The summed E-state index contributed by atoms with van der Waals surface area (Å²) in [6.45, 7) is 2.08. The van der Waals surface area contributed by atoms with Gasteiger partial charge in [0.05, 0.1) is 0 Å². The van der Waals surface area contributed by atoms with Crippen LogP contribution < -0.4 is 10.6 Å². The molecule has 110 valence electrons. The van der Waals surface area contributed by atoms with Crippen LogP contribution >= 0.6 is 0 Å². The number of pyridine rings is 1. The summed E-state index contributed by atoms with van der Waals surface area (Å²) in [5.41, 5.74) is 0. The molecule has 3 nitrogen and oxygen atoms in total. The number of nitrogens with zero attached hydrogens (tertiary/aromatic N) is 1. The molecule has 1 aromatic heterocycles. The van der Waals surface area contributed by atoms with Crippen molar-refractivity contribution in [2.24, 2.45) is 17.8 Å². The fraction of sp³-hybridized carbons (Fsp3) is 0.667. The molecule has 5 heteroatoms. The zero-order valence-corrected chi connectivity index (χ0v) is 11.9. The molecule has 4 atom stereocenters. The first-order valence-electron chi connectivity index (χ1n) is 7.38. The van der Waals surface area contributed by atoms with Crippen LogP contribution in [0.1, 0.15) is 32.6 Å². The Hall–Kier alpha value is -1.39. The van der Waals surface area contributed by atoms with Crippen LogP contribution in [0.25, 0.3) is 0 Å². The number of hydrogen-bond acceptors (Lipinski definition) is 3. The van der Waals surface area contributed by atoms with Crippen LogP contribution in [0.5, 0.6) is 0 Å². The minimum absolute atomic E-state index is 0.0778. The van der Waals surface area contributed by atoms with Crippen LogP contribution in [0.2, 0.25) is 0 Å². The van der Waals surface area contributed by atoms with Crippen LogP contribution in [0.4, 0.5) is 20.4 Å². The van der Waals surface area contributed by atoms with E-state index in [0.29, 0.717) is 5.92 Å². The highest BCUT2D eigenvalue weighted by atomic mass is 19.1. The molecule has 0 aromatic carbocycles. The molecule has 2 saturated carbocycles. The largest absolute Gasteiger partial charge is 0.371 e. The van der Waals surface area contributed by atoms with Crippen molar-refractivity contribution < 1.29 is 8.78 Å². The third-order valence-corrected chi connectivity index (χ3v) is 4.97. The third kappa shape index (κ3) is 2.34. The number of anilines is 2. The Labute approximate surface area is 118 Å². The Morgan fingerprint density at radius 3 is 2.55 bits per heavy atom. The van der Waals surface area contributed by atoms with E-state index in [-0.39, 0.29) is 17.7 Å². The molecule has 4 unspecified atom stereocenters. The zero-order valence-electron chi connectivity index (χ0n) is 11.9. The summed E-state index contributed by atoms with van der Waals surface area (Å²) in [6.07, 6.45) is 5.18. The lowest BCUT2D eigenvalue weighted by Crippen LogP contribution is -2.30. The van der Waals surface area contributed by atoms with E-state index in [4.69, 9.17) is 0 Å². The Balaban J connectivity index is 1.74. The quantitative estimate of drug-likeness (QED) is 0.884. The van der Waals surface area contributed by atoms with Gasteiger partial charge in [-0.05, 0) is 43.9 Å². The summed E-state index contributed by atoms with van der Waals surface area (Å²) >= 11 is 0. The maximum atomic E-state index is 13.8. The first-order valence-corrected chi connectivity index (χ1v) is 7.38. The molecule has 2 aliphatic carbocycles. The Morgan fingerprint density at radius 1 is 1.20 bits per heavy atom. The van der Waals surface area contributed by atoms with Crippen LogP contribution in [0.3, 0.4) is 0 Å². The lowest BCUT2D eigenvalue weighted by molar-refractivity contribution is 0.303. The van der Waals surface area contributed by atoms with Crippen LogP contribution in [0, 0.1) is 29.4 Å². The molecular weight excluding hydrogens is 260 g/mol. The van der Waals surface area contributed by atoms with Crippen molar-refractivity contribution in [2.45, 2.75) is 38.6 Å². The van der Waals surface area contributed by atoms with Crippen LogP contribution in [-0.2, 0) is 0 Å². The zero-order chi connectivity index (χ0) is 14.3. The highest BCUT2D eigenvalue weighted by molar-refractivity contribution is 5.47. The normalized spacial score (nSPS) is 29.5. The molecular formula is C15H21F2N3. The molecule has 2 N–H and O–H groups in total. The van der Waals surface area contributed by atoms with Gasteiger partial charge < -0.3 is 10.6 Å². The summed E-state index contributed by atoms with van der Waals surface area (Å²) in [4.78, 5) is 3.99. The second kappa shape index (κ2) is 5.19. The number of rotatable bonds is 4. The molecule has 0 aliphatic heterocycles. The molecule has 2 fully saturated rings.